The van der Waals surface area contributed by atoms with E-state index in [4.69, 9.17) is 0 Å². The van der Waals surface area contributed by atoms with E-state index in [1.54, 1.807) is 18.3 Å². The third kappa shape index (κ3) is 2.68. The number of rotatable bonds is 4. The van der Waals surface area contributed by atoms with Crippen molar-refractivity contribution in [1.82, 2.24) is 10.2 Å². The summed E-state index contributed by atoms with van der Waals surface area (Å²) >= 11 is 0. The van der Waals surface area contributed by atoms with Gasteiger partial charge in [-0.25, -0.2) is 4.79 Å². The minimum absolute atomic E-state index is 0.327. The summed E-state index contributed by atoms with van der Waals surface area (Å²) in [5, 5.41) is 10.1. The Kier molecular flexibility index (Phi) is 3.62. The van der Waals surface area contributed by atoms with Crippen molar-refractivity contribution in [3.05, 3.63) is 47.3 Å². The Hall–Kier alpha value is -2.30. The van der Waals surface area contributed by atoms with Crippen LogP contribution in [0.1, 0.15) is 21.6 Å². The van der Waals surface area contributed by atoms with E-state index < -0.39 is 0 Å². The molecule has 94 valence electrons. The minimum atomic E-state index is -0.327. The van der Waals surface area contributed by atoms with Gasteiger partial charge in [-0.1, -0.05) is 0 Å². The quantitative estimate of drug-likeness (QED) is 0.810. The van der Waals surface area contributed by atoms with Crippen molar-refractivity contribution >= 4 is 11.7 Å². The Labute approximate surface area is 105 Å². The zero-order chi connectivity index (χ0) is 13.0. The first-order valence-corrected chi connectivity index (χ1v) is 5.62. The van der Waals surface area contributed by atoms with Crippen LogP contribution < -0.4 is 5.32 Å². The molecular formula is C13H15N3O2. The van der Waals surface area contributed by atoms with Gasteiger partial charge in [0.15, 0.2) is 0 Å². The average molecular weight is 245 g/mol. The average Bonchev–Trinajstić information content (AvgIpc) is 2.81. The molecule has 0 spiro atoms. The van der Waals surface area contributed by atoms with Crippen molar-refractivity contribution in [2.24, 2.45) is 0 Å². The third-order valence-corrected chi connectivity index (χ3v) is 2.72. The van der Waals surface area contributed by atoms with Crippen LogP contribution in [0.4, 0.5) is 5.69 Å². The monoisotopic (exact) mass is 245 g/mol. The molecule has 2 aromatic rings. The van der Waals surface area contributed by atoms with Crippen molar-refractivity contribution in [3.8, 4) is 0 Å². The van der Waals surface area contributed by atoms with E-state index in [0.717, 1.165) is 16.9 Å². The first kappa shape index (κ1) is 12.2. The van der Waals surface area contributed by atoms with Gasteiger partial charge >= 0.3 is 5.97 Å². The van der Waals surface area contributed by atoms with Crippen LogP contribution in [0.25, 0.3) is 0 Å². The van der Waals surface area contributed by atoms with Gasteiger partial charge in [0.25, 0.3) is 0 Å². The van der Waals surface area contributed by atoms with Gasteiger partial charge in [0.2, 0.25) is 0 Å². The number of aryl methyl sites for hydroxylation is 1. The van der Waals surface area contributed by atoms with Crippen LogP contribution in [0.5, 0.6) is 0 Å². The number of benzene rings is 1. The molecule has 2 rings (SSSR count). The molecule has 0 aliphatic heterocycles. The van der Waals surface area contributed by atoms with Gasteiger partial charge < -0.3 is 10.1 Å². The molecule has 0 aliphatic rings. The summed E-state index contributed by atoms with van der Waals surface area (Å²) in [5.74, 6) is -0.327. The molecule has 0 saturated heterocycles. The van der Waals surface area contributed by atoms with Gasteiger partial charge in [-0.3, -0.25) is 5.10 Å². The van der Waals surface area contributed by atoms with Gasteiger partial charge in [0, 0.05) is 23.5 Å². The van der Waals surface area contributed by atoms with Gasteiger partial charge in [0.1, 0.15) is 0 Å². The number of carbonyl (C=O) groups excluding carboxylic acids is 1. The van der Waals surface area contributed by atoms with Crippen LogP contribution in [0.15, 0.2) is 30.5 Å². The highest BCUT2D eigenvalue weighted by molar-refractivity contribution is 5.89. The Morgan fingerprint density at radius 2 is 2.11 bits per heavy atom. The molecule has 0 fully saturated rings. The van der Waals surface area contributed by atoms with Crippen LogP contribution >= 0.6 is 0 Å². The maximum Gasteiger partial charge on any atom is 0.337 e. The molecule has 18 heavy (non-hydrogen) atoms. The van der Waals surface area contributed by atoms with Crippen molar-refractivity contribution in [2.45, 2.75) is 13.5 Å². The van der Waals surface area contributed by atoms with Crippen LogP contribution in [0.3, 0.4) is 0 Å². The number of H-pyrrole nitrogens is 1. The highest BCUT2D eigenvalue weighted by atomic mass is 16.5. The number of aromatic amines is 1. The van der Waals surface area contributed by atoms with E-state index in [0.29, 0.717) is 12.1 Å². The van der Waals surface area contributed by atoms with Crippen molar-refractivity contribution in [3.63, 3.8) is 0 Å². The smallest absolute Gasteiger partial charge is 0.337 e. The summed E-state index contributed by atoms with van der Waals surface area (Å²) in [5.41, 5.74) is 3.66. The van der Waals surface area contributed by atoms with Gasteiger partial charge in [-0.05, 0) is 31.2 Å². The Balaban J connectivity index is 1.98. The first-order valence-electron chi connectivity index (χ1n) is 5.62. The predicted molar refractivity (Wildman–Crippen MR) is 68.4 cm³/mol. The fraction of sp³-hybridized carbons (Fsp3) is 0.231. The standard InChI is InChI=1S/C13H15N3O2/c1-9-11(8-15-16-9)7-14-12-5-3-10(4-6-12)13(17)18-2/h3-6,8,14H,7H2,1-2H3,(H,15,16). The third-order valence-electron chi connectivity index (χ3n) is 2.72. The van der Waals surface area contributed by atoms with E-state index in [-0.39, 0.29) is 5.97 Å². The fourth-order valence-electron chi connectivity index (χ4n) is 1.59. The molecule has 0 unspecified atom stereocenters. The molecule has 1 heterocycles. The zero-order valence-corrected chi connectivity index (χ0v) is 10.4. The number of nitrogens with zero attached hydrogens (tertiary/aromatic N) is 1. The number of nitrogens with one attached hydrogen (secondary N) is 2. The van der Waals surface area contributed by atoms with Crippen LogP contribution in [-0.4, -0.2) is 23.3 Å². The summed E-state index contributed by atoms with van der Waals surface area (Å²) in [6.07, 6.45) is 1.80. The zero-order valence-electron chi connectivity index (χ0n) is 10.4. The fourth-order valence-corrected chi connectivity index (χ4v) is 1.59. The first-order chi connectivity index (χ1) is 8.70. The molecule has 5 heteroatoms. The number of aromatic nitrogens is 2. The molecule has 0 bridgehead atoms. The maximum atomic E-state index is 11.3. The molecule has 0 aliphatic carbocycles. The summed E-state index contributed by atoms with van der Waals surface area (Å²) < 4.78 is 4.64. The summed E-state index contributed by atoms with van der Waals surface area (Å²) in [4.78, 5) is 11.3. The molecule has 2 N–H and O–H groups in total. The molecule has 0 amide bonds. The topological polar surface area (TPSA) is 67.0 Å². The lowest BCUT2D eigenvalue weighted by Crippen LogP contribution is -2.03. The number of methoxy groups -OCH3 is 1. The van der Waals surface area contributed by atoms with E-state index in [9.17, 15) is 4.79 Å². The second-order valence-corrected chi connectivity index (χ2v) is 3.94. The lowest BCUT2D eigenvalue weighted by Gasteiger charge is -2.06. The molecule has 0 radical (unpaired) electrons. The predicted octanol–water partition coefficient (Wildman–Crippen LogP) is 2.12. The lowest BCUT2D eigenvalue weighted by molar-refractivity contribution is 0.0601. The number of hydrogen-bond donors (Lipinski definition) is 2. The molecule has 1 aromatic carbocycles. The Bertz CT molecular complexity index is 531. The second kappa shape index (κ2) is 5.35. The second-order valence-electron chi connectivity index (χ2n) is 3.94. The molecule has 0 saturated carbocycles. The summed E-state index contributed by atoms with van der Waals surface area (Å²) in [6.45, 7) is 2.67. The Morgan fingerprint density at radius 3 is 2.67 bits per heavy atom. The van der Waals surface area contributed by atoms with Gasteiger partial charge in [-0.2, -0.15) is 5.10 Å². The number of carbonyl (C=O) groups is 1. The number of ether oxygens (including phenoxy) is 1. The number of esters is 1. The molecule has 5 nitrogen and oxygen atoms in total. The Morgan fingerprint density at radius 1 is 1.39 bits per heavy atom. The van der Waals surface area contributed by atoms with Crippen LogP contribution in [-0.2, 0) is 11.3 Å². The van der Waals surface area contributed by atoms with Gasteiger partial charge in [0.05, 0.1) is 18.9 Å². The number of hydrogen-bond acceptors (Lipinski definition) is 4. The van der Waals surface area contributed by atoms with Gasteiger partial charge in [-0.15, -0.1) is 0 Å². The van der Waals surface area contributed by atoms with Crippen LogP contribution in [0, 0.1) is 6.92 Å². The molecule has 0 atom stereocenters. The highest BCUT2D eigenvalue weighted by Crippen LogP contribution is 2.12. The van der Waals surface area contributed by atoms with Crippen molar-refractivity contribution < 1.29 is 9.53 Å². The van der Waals surface area contributed by atoms with Crippen LogP contribution in [0.2, 0.25) is 0 Å². The van der Waals surface area contributed by atoms with E-state index in [2.05, 4.69) is 20.3 Å². The van der Waals surface area contributed by atoms with E-state index in [1.807, 2.05) is 19.1 Å². The largest absolute Gasteiger partial charge is 0.465 e. The summed E-state index contributed by atoms with van der Waals surface area (Å²) in [7, 11) is 1.37. The molecular weight excluding hydrogens is 230 g/mol. The van der Waals surface area contributed by atoms with Crippen molar-refractivity contribution in [2.75, 3.05) is 12.4 Å². The van der Waals surface area contributed by atoms with Crippen molar-refractivity contribution in [1.29, 1.82) is 0 Å². The van der Waals surface area contributed by atoms with E-state index in [1.165, 1.54) is 7.11 Å². The van der Waals surface area contributed by atoms with E-state index >= 15 is 0 Å². The minimum Gasteiger partial charge on any atom is -0.465 e. The lowest BCUT2D eigenvalue weighted by atomic mass is 10.2. The maximum absolute atomic E-state index is 11.3. The summed E-state index contributed by atoms with van der Waals surface area (Å²) in [6, 6.07) is 7.16. The normalized spacial score (nSPS) is 10.1. The molecule has 1 aromatic heterocycles. The number of anilines is 1. The SMILES string of the molecule is COC(=O)c1ccc(NCc2cn[nH]c2C)cc1. The highest BCUT2D eigenvalue weighted by Gasteiger charge is 2.04.